The monoisotopic (exact) mass is 318 g/mol. The minimum Gasteiger partial charge on any atom is -0.464 e. The summed E-state index contributed by atoms with van der Waals surface area (Å²) < 4.78 is 44.9. The summed E-state index contributed by atoms with van der Waals surface area (Å²) in [4.78, 5) is -0.0154. The maximum absolute atomic E-state index is 13.0. The van der Waals surface area contributed by atoms with Crippen LogP contribution in [-0.4, -0.2) is 8.42 Å². The number of rotatable bonds is 4. The molecule has 0 fully saturated rings. The highest BCUT2D eigenvalue weighted by atomic mass is 35.5. The van der Waals surface area contributed by atoms with Crippen LogP contribution >= 0.6 is 11.6 Å². The van der Waals surface area contributed by atoms with Gasteiger partial charge in [0.25, 0.3) is 10.0 Å². The van der Waals surface area contributed by atoms with Crippen LogP contribution in [0.1, 0.15) is 11.5 Å². The van der Waals surface area contributed by atoms with Gasteiger partial charge in [-0.25, -0.2) is 12.8 Å². The van der Waals surface area contributed by atoms with E-state index in [9.17, 15) is 12.8 Å². The quantitative estimate of drug-likeness (QED) is 0.907. The third kappa shape index (κ3) is 2.95. The fourth-order valence-corrected chi connectivity index (χ4v) is 3.10. The molecule has 0 radical (unpaired) electrons. The third-order valence-corrected chi connectivity index (χ3v) is 4.36. The summed E-state index contributed by atoms with van der Waals surface area (Å²) in [5.41, 5.74) is 5.55. The zero-order valence-corrected chi connectivity index (χ0v) is 12.1. The molecule has 2 aromatic rings. The fraction of sp³-hybridized carbons (Fsp3) is 0.167. The van der Waals surface area contributed by atoms with E-state index in [0.717, 1.165) is 6.07 Å². The molecule has 0 unspecified atom stereocenters. The molecule has 0 saturated carbocycles. The van der Waals surface area contributed by atoms with E-state index >= 15 is 0 Å². The van der Waals surface area contributed by atoms with Crippen LogP contribution in [0, 0.1) is 12.7 Å². The SMILES string of the molecule is Cc1oc(CN)cc1S(=O)(=O)Nc1ccc(F)c(Cl)c1. The van der Waals surface area contributed by atoms with Gasteiger partial charge in [-0.1, -0.05) is 11.6 Å². The first-order valence-corrected chi connectivity index (χ1v) is 7.47. The van der Waals surface area contributed by atoms with Gasteiger partial charge in [-0.2, -0.15) is 0 Å². The van der Waals surface area contributed by atoms with Crippen molar-refractivity contribution in [2.45, 2.75) is 18.4 Å². The highest BCUT2D eigenvalue weighted by Crippen LogP contribution is 2.25. The summed E-state index contributed by atoms with van der Waals surface area (Å²) in [6, 6.07) is 4.89. The summed E-state index contributed by atoms with van der Waals surface area (Å²) in [5.74, 6) is -0.0364. The molecule has 0 aliphatic rings. The summed E-state index contributed by atoms with van der Waals surface area (Å²) in [6.07, 6.45) is 0. The van der Waals surface area contributed by atoms with Crippen LogP contribution in [0.4, 0.5) is 10.1 Å². The highest BCUT2D eigenvalue weighted by Gasteiger charge is 2.21. The van der Waals surface area contributed by atoms with Gasteiger partial charge in [0.05, 0.1) is 17.3 Å². The van der Waals surface area contributed by atoms with Gasteiger partial charge in [0, 0.05) is 6.07 Å². The summed E-state index contributed by atoms with van der Waals surface area (Å²) in [7, 11) is -3.84. The van der Waals surface area contributed by atoms with Crippen molar-refractivity contribution in [2.24, 2.45) is 5.73 Å². The maximum atomic E-state index is 13.0. The molecule has 0 aliphatic heterocycles. The maximum Gasteiger partial charge on any atom is 0.265 e. The molecule has 8 heteroatoms. The summed E-state index contributed by atoms with van der Waals surface area (Å²) >= 11 is 5.60. The van der Waals surface area contributed by atoms with E-state index in [0.29, 0.717) is 5.76 Å². The van der Waals surface area contributed by atoms with Crippen LogP contribution in [0.3, 0.4) is 0 Å². The lowest BCUT2D eigenvalue weighted by Crippen LogP contribution is -2.13. The zero-order chi connectivity index (χ0) is 14.9. The van der Waals surface area contributed by atoms with E-state index in [1.165, 1.54) is 25.1 Å². The molecule has 0 saturated heterocycles. The second-order valence-electron chi connectivity index (χ2n) is 4.07. The van der Waals surface area contributed by atoms with E-state index in [1.54, 1.807) is 0 Å². The number of sulfonamides is 1. The molecule has 5 nitrogen and oxygen atoms in total. The van der Waals surface area contributed by atoms with Crippen LogP contribution in [0.15, 0.2) is 33.6 Å². The molecule has 0 amide bonds. The van der Waals surface area contributed by atoms with Gasteiger partial charge in [0.2, 0.25) is 0 Å². The first kappa shape index (κ1) is 14.8. The normalized spacial score (nSPS) is 11.6. The standard InChI is InChI=1S/C12H12ClFN2O3S/c1-7-12(5-9(6-15)19-7)20(17,18)16-8-2-3-11(14)10(13)4-8/h2-5,16H,6,15H2,1H3. The van der Waals surface area contributed by atoms with E-state index in [2.05, 4.69) is 4.72 Å². The molecule has 1 heterocycles. The van der Waals surface area contributed by atoms with Crippen molar-refractivity contribution in [3.05, 3.63) is 46.6 Å². The Labute approximate surface area is 120 Å². The number of aryl methyl sites for hydroxylation is 1. The van der Waals surface area contributed by atoms with Gasteiger partial charge in [0.1, 0.15) is 22.2 Å². The Morgan fingerprint density at radius 1 is 1.40 bits per heavy atom. The number of hydrogen-bond donors (Lipinski definition) is 2. The van der Waals surface area contributed by atoms with E-state index in [1.807, 2.05) is 0 Å². The number of hydrogen-bond acceptors (Lipinski definition) is 4. The molecule has 3 N–H and O–H groups in total. The van der Waals surface area contributed by atoms with E-state index in [4.69, 9.17) is 21.8 Å². The van der Waals surface area contributed by atoms with Gasteiger partial charge < -0.3 is 10.2 Å². The van der Waals surface area contributed by atoms with Gasteiger partial charge >= 0.3 is 0 Å². The second-order valence-corrected chi connectivity index (χ2v) is 6.13. The molecule has 2 rings (SSSR count). The van der Waals surface area contributed by atoms with Crippen molar-refractivity contribution in [1.82, 2.24) is 0 Å². The van der Waals surface area contributed by atoms with Gasteiger partial charge in [-0.15, -0.1) is 0 Å². The van der Waals surface area contributed by atoms with Crippen molar-refractivity contribution < 1.29 is 17.2 Å². The predicted octanol–water partition coefficient (Wildman–Crippen LogP) is 2.64. The Kier molecular flexibility index (Phi) is 4.03. The highest BCUT2D eigenvalue weighted by molar-refractivity contribution is 7.92. The van der Waals surface area contributed by atoms with Crippen LogP contribution in [0.25, 0.3) is 0 Å². The minimum absolute atomic E-state index is 0.0154. The smallest absolute Gasteiger partial charge is 0.265 e. The number of anilines is 1. The molecule has 0 bridgehead atoms. The zero-order valence-electron chi connectivity index (χ0n) is 10.5. The topological polar surface area (TPSA) is 85.3 Å². The van der Waals surface area contributed by atoms with Crippen molar-refractivity contribution >= 4 is 27.3 Å². The van der Waals surface area contributed by atoms with Crippen molar-refractivity contribution in [1.29, 1.82) is 0 Å². The lowest BCUT2D eigenvalue weighted by Gasteiger charge is -2.07. The Hall–Kier alpha value is -1.57. The number of halogens is 2. The molecule has 1 aromatic carbocycles. The van der Waals surface area contributed by atoms with Gasteiger partial charge in [0.15, 0.2) is 0 Å². The molecule has 0 aliphatic carbocycles. The Bertz CT molecular complexity index is 743. The average molecular weight is 319 g/mol. The van der Waals surface area contributed by atoms with Crippen molar-refractivity contribution in [2.75, 3.05) is 4.72 Å². The first-order valence-electron chi connectivity index (χ1n) is 5.60. The van der Waals surface area contributed by atoms with Crippen LogP contribution in [-0.2, 0) is 16.6 Å². The predicted molar refractivity (Wildman–Crippen MR) is 73.6 cm³/mol. The summed E-state index contributed by atoms with van der Waals surface area (Å²) in [6.45, 7) is 1.62. The molecule has 20 heavy (non-hydrogen) atoms. The number of benzene rings is 1. The van der Waals surface area contributed by atoms with Gasteiger partial charge in [-0.3, -0.25) is 4.72 Å². The number of furan rings is 1. The molecule has 1 aromatic heterocycles. The molecule has 108 valence electrons. The van der Waals surface area contributed by atoms with E-state index in [-0.39, 0.29) is 27.9 Å². The molecular formula is C12H12ClFN2O3S. The lowest BCUT2D eigenvalue weighted by atomic mass is 10.3. The van der Waals surface area contributed by atoms with Crippen molar-refractivity contribution in [3.63, 3.8) is 0 Å². The Morgan fingerprint density at radius 2 is 2.10 bits per heavy atom. The number of nitrogens with two attached hydrogens (primary N) is 1. The number of nitrogens with one attached hydrogen (secondary N) is 1. The minimum atomic E-state index is -3.84. The summed E-state index contributed by atoms with van der Waals surface area (Å²) in [5, 5.41) is -0.170. The lowest BCUT2D eigenvalue weighted by molar-refractivity contribution is 0.479. The van der Waals surface area contributed by atoms with Gasteiger partial charge in [-0.05, 0) is 25.1 Å². The fourth-order valence-electron chi connectivity index (χ4n) is 1.66. The van der Waals surface area contributed by atoms with E-state index < -0.39 is 15.8 Å². The van der Waals surface area contributed by atoms with Crippen LogP contribution in [0.5, 0.6) is 0 Å². The van der Waals surface area contributed by atoms with Crippen molar-refractivity contribution in [3.8, 4) is 0 Å². The molecule has 0 atom stereocenters. The third-order valence-electron chi connectivity index (χ3n) is 2.59. The van der Waals surface area contributed by atoms with Crippen LogP contribution in [0.2, 0.25) is 5.02 Å². The molecular weight excluding hydrogens is 307 g/mol. The largest absolute Gasteiger partial charge is 0.464 e. The molecule has 0 spiro atoms. The first-order chi connectivity index (χ1) is 9.33. The Balaban J connectivity index is 2.35. The average Bonchev–Trinajstić information content (AvgIpc) is 2.76. The second kappa shape index (κ2) is 5.43. The van der Waals surface area contributed by atoms with Crippen LogP contribution < -0.4 is 10.5 Å². The Morgan fingerprint density at radius 3 is 2.65 bits per heavy atom.